The van der Waals surface area contributed by atoms with Crippen molar-refractivity contribution in [1.82, 2.24) is 9.80 Å². The van der Waals surface area contributed by atoms with E-state index in [4.69, 9.17) is 32.7 Å². The van der Waals surface area contributed by atoms with E-state index in [9.17, 15) is 40.7 Å². The summed E-state index contributed by atoms with van der Waals surface area (Å²) in [7, 11) is 2.73. The molecule has 6 rings (SSSR count). The lowest BCUT2D eigenvalue weighted by Crippen LogP contribution is -2.40. The van der Waals surface area contributed by atoms with Gasteiger partial charge >= 0.3 is 24.3 Å². The second-order valence-electron chi connectivity index (χ2n) is 17.6. The Hall–Kier alpha value is -4.43. The number of halogens is 8. The molecule has 7 nitrogen and oxygen atoms in total. The zero-order valence-corrected chi connectivity index (χ0v) is 41.9. The number of ketones is 1. The molecule has 4 aromatic rings. The SMILES string of the molecule is CC.CCCCC(c1ccc(Cl)cc1)N1CC[C@@H](CC(=O)OC)C[C@H]1c1ccc(C(F)(F)F)cc1.COC(=O)C[C@@H]1CCN(C(CCC(C)=O)c2ccc(Cl)cc2)[C@H](c2ccc(C(F)(F)F)cc2)C1. The second kappa shape index (κ2) is 27.2. The lowest BCUT2D eigenvalue weighted by Gasteiger charge is -2.44. The normalized spacial score (nSPS) is 19.7. The Kier molecular flexibility index (Phi) is 22.6. The van der Waals surface area contributed by atoms with E-state index in [1.165, 1.54) is 26.4 Å². The van der Waals surface area contributed by atoms with Crippen molar-refractivity contribution in [2.45, 2.75) is 135 Å². The van der Waals surface area contributed by atoms with Crippen LogP contribution in [-0.2, 0) is 36.2 Å². The fourth-order valence-corrected chi connectivity index (χ4v) is 9.72. The van der Waals surface area contributed by atoms with Crippen molar-refractivity contribution in [2.75, 3.05) is 27.3 Å². The summed E-state index contributed by atoms with van der Waals surface area (Å²) in [6.45, 7) is 9.09. The van der Waals surface area contributed by atoms with Crippen LogP contribution in [0.15, 0.2) is 97.1 Å². The standard InChI is InChI=1S/C26H29ClF3NO3.C26H31ClF3NO2.C2H6/c1-17(32)3-12-23(19-6-10-22(27)11-7-19)31-14-13-18(16-25(33)34-2)15-24(31)20-4-8-21(9-5-20)26(28,29)30;1-3-4-5-23(19-8-12-22(27)13-9-19)31-15-14-18(17-25(32)33-2)16-24(31)20-6-10-21(11-7-20)26(28,29)30;1-2/h4-11,18,23-24H,3,12-16H2,1-2H3;6-13,18,23-24H,3-5,14-17H2,1-2H3;1-2H3/t2*18-,23?,24+;/m11./s1. The first kappa shape index (κ1) is 57.2. The van der Waals surface area contributed by atoms with E-state index in [0.29, 0.717) is 48.7 Å². The summed E-state index contributed by atoms with van der Waals surface area (Å²) in [6, 6.07) is 25.7. The van der Waals surface area contributed by atoms with Crippen molar-refractivity contribution in [3.05, 3.63) is 140 Å². The quantitative estimate of drug-likeness (QED) is 0.0817. The molecule has 6 atom stereocenters. The van der Waals surface area contributed by atoms with Gasteiger partial charge < -0.3 is 14.3 Å². The smallest absolute Gasteiger partial charge is 0.416 e. The number of hydrogen-bond acceptors (Lipinski definition) is 7. The molecule has 69 heavy (non-hydrogen) atoms. The molecule has 2 heterocycles. The minimum atomic E-state index is -4.41. The number of methoxy groups -OCH3 is 2. The molecule has 0 amide bonds. The lowest BCUT2D eigenvalue weighted by atomic mass is 9.82. The minimum Gasteiger partial charge on any atom is -0.469 e. The Morgan fingerprint density at radius 1 is 0.609 bits per heavy atom. The van der Waals surface area contributed by atoms with Gasteiger partial charge in [0.1, 0.15) is 5.78 Å². The monoisotopic (exact) mass is 1010 g/mol. The predicted octanol–water partition coefficient (Wildman–Crippen LogP) is 15.4. The molecule has 0 aliphatic carbocycles. The van der Waals surface area contributed by atoms with E-state index in [0.717, 1.165) is 85.2 Å². The Bertz CT molecular complexity index is 2190. The summed E-state index contributed by atoms with van der Waals surface area (Å²) < 4.78 is 88.5. The molecule has 0 N–H and O–H groups in total. The average molecular weight is 1010 g/mol. The number of unbranched alkanes of at least 4 members (excludes halogenated alkanes) is 1. The van der Waals surface area contributed by atoms with E-state index in [1.54, 1.807) is 31.2 Å². The van der Waals surface area contributed by atoms with Gasteiger partial charge in [0.15, 0.2) is 0 Å². The van der Waals surface area contributed by atoms with Crippen LogP contribution in [0.2, 0.25) is 10.0 Å². The zero-order valence-electron chi connectivity index (χ0n) is 40.4. The highest BCUT2D eigenvalue weighted by molar-refractivity contribution is 6.30. The van der Waals surface area contributed by atoms with Gasteiger partial charge in [-0.25, -0.2) is 0 Å². The molecule has 0 saturated carbocycles. The fraction of sp³-hybridized carbons (Fsp3) is 0.500. The first-order valence-corrected chi connectivity index (χ1v) is 24.6. The number of Topliss-reactive ketones (excluding diaryl/α,β-unsaturated/α-hetero) is 1. The number of likely N-dealkylation sites (tertiary alicyclic amines) is 2. The van der Waals surface area contributed by atoms with Crippen molar-refractivity contribution >= 4 is 40.9 Å². The highest BCUT2D eigenvalue weighted by Crippen LogP contribution is 2.45. The molecule has 0 bridgehead atoms. The molecule has 2 fully saturated rings. The summed E-state index contributed by atoms with van der Waals surface area (Å²) in [4.78, 5) is 40.3. The Balaban J connectivity index is 0.000000290. The van der Waals surface area contributed by atoms with Crippen molar-refractivity contribution in [3.8, 4) is 0 Å². The number of hydrogen-bond donors (Lipinski definition) is 0. The van der Waals surface area contributed by atoms with Crippen LogP contribution in [0.25, 0.3) is 0 Å². The molecular formula is C54H66Cl2F6N2O5. The molecule has 2 aliphatic rings. The first-order valence-electron chi connectivity index (χ1n) is 23.8. The van der Waals surface area contributed by atoms with Crippen LogP contribution in [0.5, 0.6) is 0 Å². The van der Waals surface area contributed by atoms with E-state index < -0.39 is 23.5 Å². The third kappa shape index (κ3) is 17.1. The molecule has 2 saturated heterocycles. The van der Waals surface area contributed by atoms with Gasteiger partial charge in [0.25, 0.3) is 0 Å². The van der Waals surface area contributed by atoms with E-state index in [-0.39, 0.29) is 60.1 Å². The lowest BCUT2D eigenvalue weighted by molar-refractivity contribution is -0.143. The van der Waals surface area contributed by atoms with Crippen molar-refractivity contribution in [1.29, 1.82) is 0 Å². The number of carbonyl (C=O) groups excluding carboxylic acids is 3. The number of ether oxygens (including phenoxy) is 2. The van der Waals surface area contributed by atoms with Gasteiger partial charge in [0, 0.05) is 53.5 Å². The topological polar surface area (TPSA) is 76.2 Å². The summed E-state index contributed by atoms with van der Waals surface area (Å²) in [5, 5.41) is 1.27. The molecule has 4 aromatic carbocycles. The van der Waals surface area contributed by atoms with Gasteiger partial charge in [0.05, 0.1) is 25.3 Å². The van der Waals surface area contributed by atoms with Gasteiger partial charge in [-0.15, -0.1) is 0 Å². The van der Waals surface area contributed by atoms with Crippen LogP contribution in [0, 0.1) is 11.8 Å². The second-order valence-corrected chi connectivity index (χ2v) is 18.5. The molecule has 378 valence electrons. The number of esters is 2. The Morgan fingerprint density at radius 2 is 0.971 bits per heavy atom. The summed E-state index contributed by atoms with van der Waals surface area (Å²) in [5.41, 5.74) is 2.39. The van der Waals surface area contributed by atoms with Crippen LogP contribution >= 0.6 is 23.2 Å². The van der Waals surface area contributed by atoms with E-state index in [2.05, 4.69) is 16.7 Å². The summed E-state index contributed by atoms with van der Waals surface area (Å²) in [6.07, 6.45) is -1.33. The van der Waals surface area contributed by atoms with Crippen LogP contribution in [0.4, 0.5) is 26.3 Å². The molecule has 15 heteroatoms. The van der Waals surface area contributed by atoms with Gasteiger partial charge in [-0.2, -0.15) is 26.3 Å². The van der Waals surface area contributed by atoms with Gasteiger partial charge in [0.2, 0.25) is 0 Å². The average Bonchev–Trinajstić information content (AvgIpc) is 3.33. The number of nitrogens with zero attached hydrogens (tertiary/aromatic N) is 2. The van der Waals surface area contributed by atoms with Crippen molar-refractivity contribution in [3.63, 3.8) is 0 Å². The molecule has 2 unspecified atom stereocenters. The van der Waals surface area contributed by atoms with Gasteiger partial charge in [-0.05, 0) is 141 Å². The van der Waals surface area contributed by atoms with E-state index in [1.807, 2.05) is 50.2 Å². The third-order valence-electron chi connectivity index (χ3n) is 13.0. The van der Waals surface area contributed by atoms with Crippen LogP contribution in [-0.4, -0.2) is 54.8 Å². The highest BCUT2D eigenvalue weighted by atomic mass is 35.5. The van der Waals surface area contributed by atoms with Crippen LogP contribution in [0.3, 0.4) is 0 Å². The summed E-state index contributed by atoms with van der Waals surface area (Å²) >= 11 is 12.2. The predicted molar refractivity (Wildman–Crippen MR) is 260 cm³/mol. The first-order chi connectivity index (χ1) is 32.8. The maximum Gasteiger partial charge on any atom is 0.416 e. The maximum absolute atomic E-state index is 13.1. The van der Waals surface area contributed by atoms with Crippen LogP contribution in [0.1, 0.15) is 156 Å². The molecular weight excluding hydrogens is 941 g/mol. The Labute approximate surface area is 413 Å². The third-order valence-corrected chi connectivity index (χ3v) is 13.5. The van der Waals surface area contributed by atoms with Gasteiger partial charge in [-0.3, -0.25) is 19.4 Å². The molecule has 0 aromatic heterocycles. The number of alkyl halides is 6. The molecule has 0 spiro atoms. The highest BCUT2D eigenvalue weighted by Gasteiger charge is 2.38. The number of benzene rings is 4. The Morgan fingerprint density at radius 3 is 1.29 bits per heavy atom. The van der Waals surface area contributed by atoms with E-state index >= 15 is 0 Å². The largest absolute Gasteiger partial charge is 0.469 e. The number of carbonyl (C=O) groups is 3. The maximum atomic E-state index is 13.1. The fourth-order valence-electron chi connectivity index (χ4n) is 9.47. The molecule has 0 radical (unpaired) electrons. The van der Waals surface area contributed by atoms with Crippen molar-refractivity contribution < 1.29 is 50.2 Å². The van der Waals surface area contributed by atoms with Gasteiger partial charge in [-0.1, -0.05) is 105 Å². The minimum absolute atomic E-state index is 0.0506. The van der Waals surface area contributed by atoms with Crippen LogP contribution < -0.4 is 0 Å². The molecule has 2 aliphatic heterocycles. The number of rotatable bonds is 16. The number of piperidine rings is 2. The van der Waals surface area contributed by atoms with Crippen molar-refractivity contribution in [2.24, 2.45) is 11.8 Å². The zero-order chi connectivity index (χ0) is 50.9. The summed E-state index contributed by atoms with van der Waals surface area (Å²) in [5.74, 6) is -0.298.